The molecule has 2 N–H and O–H groups in total. The summed E-state index contributed by atoms with van der Waals surface area (Å²) in [6.45, 7) is 4.71. The molecule has 0 aliphatic rings. The number of hydrogen-bond acceptors (Lipinski definition) is 3. The summed E-state index contributed by atoms with van der Waals surface area (Å²) < 4.78 is 2.15. The molecule has 1 atom stereocenters. The Hall–Kier alpha value is -1.13. The minimum atomic E-state index is 0.228. The van der Waals surface area contributed by atoms with Crippen LogP contribution in [0.2, 0.25) is 0 Å². The fraction of sp³-hybridized carbons (Fsp3) is 0.364. The molecule has 2 aromatic rings. The van der Waals surface area contributed by atoms with Gasteiger partial charge in [-0.1, -0.05) is 6.07 Å². The minimum Gasteiger partial charge on any atom is -0.328 e. The zero-order chi connectivity index (χ0) is 10.8. The summed E-state index contributed by atoms with van der Waals surface area (Å²) in [5.41, 5.74) is 8.10. The van der Waals surface area contributed by atoms with Crippen molar-refractivity contribution in [3.05, 3.63) is 40.1 Å². The number of nitrogens with two attached hydrogens (primary N) is 1. The van der Waals surface area contributed by atoms with E-state index in [1.165, 1.54) is 10.6 Å². The number of imidazole rings is 1. The molecule has 0 amide bonds. The van der Waals surface area contributed by atoms with E-state index in [4.69, 9.17) is 5.73 Å². The van der Waals surface area contributed by atoms with Gasteiger partial charge in [0.2, 0.25) is 0 Å². The highest BCUT2D eigenvalue weighted by atomic mass is 32.1. The van der Waals surface area contributed by atoms with Crippen molar-refractivity contribution in [2.45, 2.75) is 19.9 Å². The summed E-state index contributed by atoms with van der Waals surface area (Å²) >= 11 is 1.74. The van der Waals surface area contributed by atoms with Crippen LogP contribution in [0, 0.1) is 13.8 Å². The molecule has 0 aliphatic carbocycles. The normalized spacial score (nSPS) is 13.0. The zero-order valence-corrected chi connectivity index (χ0v) is 9.79. The molecule has 2 aromatic heterocycles. The van der Waals surface area contributed by atoms with Crippen LogP contribution in [-0.4, -0.2) is 16.1 Å². The van der Waals surface area contributed by atoms with E-state index >= 15 is 0 Å². The van der Waals surface area contributed by atoms with Crippen LogP contribution in [-0.2, 0) is 0 Å². The predicted molar refractivity (Wildman–Crippen MR) is 63.2 cm³/mol. The summed E-state index contributed by atoms with van der Waals surface area (Å²) in [5, 5.41) is 2.08. The van der Waals surface area contributed by atoms with E-state index in [0.29, 0.717) is 6.54 Å². The van der Waals surface area contributed by atoms with Crippen molar-refractivity contribution in [2.24, 2.45) is 5.73 Å². The van der Waals surface area contributed by atoms with E-state index < -0.39 is 0 Å². The lowest BCUT2D eigenvalue weighted by Gasteiger charge is -2.16. The Morgan fingerprint density at radius 3 is 2.80 bits per heavy atom. The molecule has 0 aromatic carbocycles. The number of hydrogen-bond donors (Lipinski definition) is 1. The highest BCUT2D eigenvalue weighted by Gasteiger charge is 2.15. The molecule has 0 saturated carbocycles. The van der Waals surface area contributed by atoms with E-state index in [1.807, 2.05) is 13.3 Å². The Kier molecular flexibility index (Phi) is 2.88. The number of thiophene rings is 1. The third kappa shape index (κ3) is 1.82. The first-order chi connectivity index (χ1) is 7.24. The molecule has 0 spiro atoms. The maximum absolute atomic E-state index is 5.83. The van der Waals surface area contributed by atoms with Gasteiger partial charge < -0.3 is 10.3 Å². The highest BCUT2D eigenvalue weighted by Crippen LogP contribution is 2.24. The van der Waals surface area contributed by atoms with Crippen molar-refractivity contribution >= 4 is 11.3 Å². The Bertz CT molecular complexity index is 431. The first kappa shape index (κ1) is 10.4. The van der Waals surface area contributed by atoms with Crippen LogP contribution in [0.4, 0.5) is 0 Å². The van der Waals surface area contributed by atoms with Crippen LogP contribution in [0.25, 0.3) is 0 Å². The van der Waals surface area contributed by atoms with Crippen LogP contribution in [0.3, 0.4) is 0 Å². The molecule has 3 nitrogen and oxygen atoms in total. The van der Waals surface area contributed by atoms with Gasteiger partial charge in [0.05, 0.1) is 18.1 Å². The molecule has 1 unspecified atom stereocenters. The van der Waals surface area contributed by atoms with Gasteiger partial charge in [-0.05, 0) is 25.3 Å². The first-order valence-electron chi connectivity index (χ1n) is 4.97. The van der Waals surface area contributed by atoms with Gasteiger partial charge in [-0.2, -0.15) is 0 Å². The van der Waals surface area contributed by atoms with Crippen LogP contribution in [0.1, 0.15) is 22.3 Å². The largest absolute Gasteiger partial charge is 0.328 e. The molecule has 2 heterocycles. The Morgan fingerprint density at radius 1 is 1.53 bits per heavy atom. The summed E-state index contributed by atoms with van der Waals surface area (Å²) in [7, 11) is 0. The fourth-order valence-corrected chi connectivity index (χ4v) is 2.52. The number of rotatable bonds is 3. The van der Waals surface area contributed by atoms with Gasteiger partial charge in [0.1, 0.15) is 0 Å². The van der Waals surface area contributed by atoms with Crippen LogP contribution in [0.5, 0.6) is 0 Å². The smallest absolute Gasteiger partial charge is 0.0957 e. The predicted octanol–water partition coefficient (Wildman–Crippen LogP) is 2.11. The first-order valence-corrected chi connectivity index (χ1v) is 5.85. The summed E-state index contributed by atoms with van der Waals surface area (Å²) in [6.07, 6.45) is 1.88. The lowest BCUT2D eigenvalue weighted by atomic mass is 10.2. The highest BCUT2D eigenvalue weighted by molar-refractivity contribution is 7.10. The molecule has 15 heavy (non-hydrogen) atoms. The molecule has 0 fully saturated rings. The maximum atomic E-state index is 5.83. The second kappa shape index (κ2) is 4.16. The Balaban J connectivity index is 2.40. The van der Waals surface area contributed by atoms with E-state index in [9.17, 15) is 0 Å². The van der Waals surface area contributed by atoms with Gasteiger partial charge in [-0.3, -0.25) is 0 Å². The van der Waals surface area contributed by atoms with Crippen LogP contribution >= 0.6 is 11.3 Å². The van der Waals surface area contributed by atoms with E-state index in [-0.39, 0.29) is 6.04 Å². The standard InChI is InChI=1S/C11H15N3S/c1-8-9(2)14(7-13-8)10(6-12)11-4-3-5-15-11/h3-5,7,10H,6,12H2,1-2H3. The third-order valence-corrected chi connectivity index (χ3v) is 3.69. The van der Waals surface area contributed by atoms with Gasteiger partial charge in [0.25, 0.3) is 0 Å². The van der Waals surface area contributed by atoms with Gasteiger partial charge >= 0.3 is 0 Å². The molecule has 4 heteroatoms. The lowest BCUT2D eigenvalue weighted by Crippen LogP contribution is -2.19. The molecule has 0 radical (unpaired) electrons. The van der Waals surface area contributed by atoms with Crippen molar-refractivity contribution in [3.63, 3.8) is 0 Å². The molecular weight excluding hydrogens is 206 g/mol. The number of aromatic nitrogens is 2. The summed E-state index contributed by atoms with van der Waals surface area (Å²) in [4.78, 5) is 5.60. The zero-order valence-electron chi connectivity index (χ0n) is 8.97. The average Bonchev–Trinajstić information content (AvgIpc) is 2.84. The lowest BCUT2D eigenvalue weighted by molar-refractivity contribution is 0.590. The van der Waals surface area contributed by atoms with Gasteiger partial charge in [-0.25, -0.2) is 4.98 Å². The van der Waals surface area contributed by atoms with E-state index in [1.54, 1.807) is 11.3 Å². The van der Waals surface area contributed by atoms with Crippen molar-refractivity contribution < 1.29 is 0 Å². The molecule has 0 aliphatic heterocycles. The summed E-state index contributed by atoms with van der Waals surface area (Å²) in [6, 6.07) is 4.41. The Morgan fingerprint density at radius 2 is 2.33 bits per heavy atom. The third-order valence-electron chi connectivity index (χ3n) is 2.72. The fourth-order valence-electron chi connectivity index (χ4n) is 1.68. The summed E-state index contributed by atoms with van der Waals surface area (Å²) in [5.74, 6) is 0. The van der Waals surface area contributed by atoms with E-state index in [0.717, 1.165) is 5.69 Å². The van der Waals surface area contributed by atoms with Gasteiger partial charge in [-0.15, -0.1) is 11.3 Å². The van der Waals surface area contributed by atoms with Crippen molar-refractivity contribution in [2.75, 3.05) is 6.54 Å². The van der Waals surface area contributed by atoms with Crippen LogP contribution in [0.15, 0.2) is 23.8 Å². The van der Waals surface area contributed by atoms with Gasteiger partial charge in [0.15, 0.2) is 0 Å². The second-order valence-electron chi connectivity index (χ2n) is 3.59. The van der Waals surface area contributed by atoms with Crippen LogP contribution < -0.4 is 5.73 Å². The van der Waals surface area contributed by atoms with Crippen molar-refractivity contribution in [3.8, 4) is 0 Å². The quantitative estimate of drug-likeness (QED) is 0.862. The molecule has 0 bridgehead atoms. The Labute approximate surface area is 93.6 Å². The maximum Gasteiger partial charge on any atom is 0.0957 e. The van der Waals surface area contributed by atoms with Gasteiger partial charge in [0, 0.05) is 17.1 Å². The average molecular weight is 221 g/mol. The topological polar surface area (TPSA) is 43.8 Å². The van der Waals surface area contributed by atoms with Crippen molar-refractivity contribution in [1.82, 2.24) is 9.55 Å². The molecule has 80 valence electrons. The number of aryl methyl sites for hydroxylation is 1. The second-order valence-corrected chi connectivity index (χ2v) is 4.57. The monoisotopic (exact) mass is 221 g/mol. The molecule has 2 rings (SSSR count). The molecular formula is C11H15N3S. The number of nitrogens with zero attached hydrogens (tertiary/aromatic N) is 2. The van der Waals surface area contributed by atoms with Crippen molar-refractivity contribution in [1.29, 1.82) is 0 Å². The van der Waals surface area contributed by atoms with E-state index in [2.05, 4.69) is 34.0 Å². The minimum absolute atomic E-state index is 0.228. The SMILES string of the molecule is Cc1ncn(C(CN)c2cccs2)c1C. The molecule has 0 saturated heterocycles.